The van der Waals surface area contributed by atoms with Gasteiger partial charge in [0.2, 0.25) is 0 Å². The van der Waals surface area contributed by atoms with Gasteiger partial charge in [-0.1, -0.05) is 53.8 Å². The van der Waals surface area contributed by atoms with Gasteiger partial charge in [0.05, 0.1) is 0 Å². The van der Waals surface area contributed by atoms with Crippen LogP contribution >= 0.6 is 11.6 Å². The van der Waals surface area contributed by atoms with Gasteiger partial charge >= 0.3 is 6.09 Å². The number of amides is 1. The van der Waals surface area contributed by atoms with E-state index in [1.165, 1.54) is 0 Å². The Hall–Kier alpha value is -2.44. The highest BCUT2D eigenvalue weighted by molar-refractivity contribution is 6.30. The molecule has 22 heavy (non-hydrogen) atoms. The van der Waals surface area contributed by atoms with Crippen LogP contribution in [0.25, 0.3) is 0 Å². The average molecular weight is 314 g/mol. The van der Waals surface area contributed by atoms with Crippen molar-refractivity contribution >= 4 is 17.7 Å². The molecule has 0 saturated carbocycles. The summed E-state index contributed by atoms with van der Waals surface area (Å²) in [5.41, 5.74) is 1.86. The van der Waals surface area contributed by atoms with E-state index in [-0.39, 0.29) is 6.61 Å². The molecule has 0 saturated heterocycles. The van der Waals surface area contributed by atoms with Crippen molar-refractivity contribution in [2.24, 2.45) is 0 Å². The highest BCUT2D eigenvalue weighted by Crippen LogP contribution is 2.08. The number of carbonyl (C=O) groups excluding carboxylic acids is 1. The summed E-state index contributed by atoms with van der Waals surface area (Å²) < 4.78 is 5.09. The SMILES string of the molecule is O=C(NCCC#Cc1ccc(Cl)cc1)OCc1ccccc1. The van der Waals surface area contributed by atoms with E-state index in [4.69, 9.17) is 16.3 Å². The summed E-state index contributed by atoms with van der Waals surface area (Å²) in [5, 5.41) is 3.35. The van der Waals surface area contributed by atoms with Crippen LogP contribution in [0.5, 0.6) is 0 Å². The second-order valence-electron chi connectivity index (χ2n) is 4.55. The van der Waals surface area contributed by atoms with E-state index >= 15 is 0 Å². The van der Waals surface area contributed by atoms with Crippen LogP contribution in [0.4, 0.5) is 4.79 Å². The average Bonchev–Trinajstić information content (AvgIpc) is 2.55. The van der Waals surface area contributed by atoms with Gasteiger partial charge in [0.1, 0.15) is 6.61 Å². The van der Waals surface area contributed by atoms with Gasteiger partial charge in [-0.15, -0.1) is 0 Å². The van der Waals surface area contributed by atoms with Gasteiger partial charge in [0.15, 0.2) is 0 Å². The maximum absolute atomic E-state index is 11.5. The first-order chi connectivity index (χ1) is 10.7. The van der Waals surface area contributed by atoms with E-state index in [1.54, 1.807) is 12.1 Å². The molecule has 0 aromatic heterocycles. The van der Waals surface area contributed by atoms with Crippen LogP contribution in [-0.4, -0.2) is 12.6 Å². The van der Waals surface area contributed by atoms with Crippen LogP contribution in [0.1, 0.15) is 17.5 Å². The predicted molar refractivity (Wildman–Crippen MR) is 87.6 cm³/mol. The van der Waals surface area contributed by atoms with Gasteiger partial charge in [-0.3, -0.25) is 0 Å². The lowest BCUT2D eigenvalue weighted by Crippen LogP contribution is -2.24. The molecule has 4 heteroatoms. The zero-order chi connectivity index (χ0) is 15.6. The molecule has 2 aromatic carbocycles. The van der Waals surface area contributed by atoms with Crippen LogP contribution in [0, 0.1) is 11.8 Å². The molecule has 2 rings (SSSR count). The summed E-state index contributed by atoms with van der Waals surface area (Å²) in [4.78, 5) is 11.5. The van der Waals surface area contributed by atoms with Crippen molar-refractivity contribution in [3.63, 3.8) is 0 Å². The molecule has 0 fully saturated rings. The molecule has 1 N–H and O–H groups in total. The number of hydrogen-bond acceptors (Lipinski definition) is 2. The Morgan fingerprint density at radius 1 is 1.09 bits per heavy atom. The first kappa shape index (κ1) is 15.9. The highest BCUT2D eigenvalue weighted by atomic mass is 35.5. The lowest BCUT2D eigenvalue weighted by atomic mass is 10.2. The first-order valence-corrected chi connectivity index (χ1v) is 7.31. The lowest BCUT2D eigenvalue weighted by Gasteiger charge is -2.05. The van der Waals surface area contributed by atoms with E-state index in [2.05, 4.69) is 17.2 Å². The quantitative estimate of drug-likeness (QED) is 0.684. The lowest BCUT2D eigenvalue weighted by molar-refractivity contribution is 0.140. The molecule has 0 heterocycles. The standard InChI is InChI=1S/C18H16ClNO2/c19-17-11-9-15(10-12-17)6-4-5-13-20-18(21)22-14-16-7-2-1-3-8-16/h1-3,7-12H,5,13-14H2,(H,20,21). The normalized spacial score (nSPS) is 9.50. The minimum absolute atomic E-state index is 0.267. The van der Waals surface area contributed by atoms with Crippen molar-refractivity contribution in [2.45, 2.75) is 13.0 Å². The van der Waals surface area contributed by atoms with Crippen molar-refractivity contribution in [1.82, 2.24) is 5.32 Å². The number of hydrogen-bond donors (Lipinski definition) is 1. The van der Waals surface area contributed by atoms with Crippen LogP contribution in [0.3, 0.4) is 0 Å². The molecule has 0 spiro atoms. The molecule has 1 amide bonds. The summed E-state index contributed by atoms with van der Waals surface area (Å²) in [5.74, 6) is 5.99. The number of alkyl carbamates (subject to hydrolysis) is 1. The third kappa shape index (κ3) is 5.90. The Morgan fingerprint density at radius 3 is 2.55 bits per heavy atom. The van der Waals surface area contributed by atoms with Crippen LogP contribution in [0.15, 0.2) is 54.6 Å². The Labute approximate surface area is 135 Å². The van der Waals surface area contributed by atoms with E-state index in [0.717, 1.165) is 11.1 Å². The smallest absolute Gasteiger partial charge is 0.407 e. The molecular weight excluding hydrogens is 298 g/mol. The third-order valence-electron chi connectivity index (χ3n) is 2.81. The van der Waals surface area contributed by atoms with Crippen LogP contribution in [-0.2, 0) is 11.3 Å². The van der Waals surface area contributed by atoms with Crippen LogP contribution in [0.2, 0.25) is 5.02 Å². The second kappa shape index (κ2) is 8.76. The molecule has 0 aliphatic carbocycles. The minimum atomic E-state index is -0.433. The van der Waals surface area contributed by atoms with E-state index in [1.807, 2.05) is 42.5 Å². The van der Waals surface area contributed by atoms with Crippen molar-refractivity contribution in [1.29, 1.82) is 0 Å². The molecule has 0 radical (unpaired) electrons. The highest BCUT2D eigenvalue weighted by Gasteiger charge is 2.00. The van der Waals surface area contributed by atoms with Gasteiger partial charge in [0, 0.05) is 23.6 Å². The Balaban J connectivity index is 1.64. The zero-order valence-electron chi connectivity index (χ0n) is 12.0. The summed E-state index contributed by atoms with van der Waals surface area (Å²) in [6.07, 6.45) is 0.125. The van der Waals surface area contributed by atoms with Gasteiger partial charge in [-0.05, 0) is 29.8 Å². The number of rotatable bonds is 4. The van der Waals surface area contributed by atoms with Gasteiger partial charge in [-0.25, -0.2) is 4.79 Å². The maximum Gasteiger partial charge on any atom is 0.407 e. The maximum atomic E-state index is 11.5. The fourth-order valence-corrected chi connectivity index (χ4v) is 1.82. The Morgan fingerprint density at radius 2 is 1.82 bits per heavy atom. The molecular formula is C18H16ClNO2. The fraction of sp³-hybridized carbons (Fsp3) is 0.167. The van der Waals surface area contributed by atoms with E-state index < -0.39 is 6.09 Å². The fourth-order valence-electron chi connectivity index (χ4n) is 1.70. The number of ether oxygens (including phenoxy) is 1. The molecule has 0 unspecified atom stereocenters. The third-order valence-corrected chi connectivity index (χ3v) is 3.06. The number of carbonyl (C=O) groups is 1. The molecule has 2 aromatic rings. The molecule has 112 valence electrons. The molecule has 3 nitrogen and oxygen atoms in total. The monoisotopic (exact) mass is 313 g/mol. The first-order valence-electron chi connectivity index (χ1n) is 6.93. The predicted octanol–water partition coefficient (Wildman–Crippen LogP) is 4.01. The Kier molecular flexibility index (Phi) is 6.35. The number of nitrogens with one attached hydrogen (secondary N) is 1. The van der Waals surface area contributed by atoms with Gasteiger partial charge in [-0.2, -0.15) is 0 Å². The number of halogens is 1. The minimum Gasteiger partial charge on any atom is -0.445 e. The second-order valence-corrected chi connectivity index (χ2v) is 4.98. The summed E-state index contributed by atoms with van der Waals surface area (Å²) >= 11 is 5.79. The molecule has 0 aliphatic heterocycles. The van der Waals surface area contributed by atoms with E-state index in [9.17, 15) is 4.79 Å². The summed E-state index contributed by atoms with van der Waals surface area (Å²) in [6, 6.07) is 16.9. The van der Waals surface area contributed by atoms with E-state index in [0.29, 0.717) is 18.0 Å². The summed E-state index contributed by atoms with van der Waals surface area (Å²) in [6.45, 7) is 0.720. The van der Waals surface area contributed by atoms with Crippen molar-refractivity contribution in [3.05, 3.63) is 70.7 Å². The van der Waals surface area contributed by atoms with Gasteiger partial charge < -0.3 is 10.1 Å². The largest absolute Gasteiger partial charge is 0.445 e. The summed E-state index contributed by atoms with van der Waals surface area (Å²) in [7, 11) is 0. The molecule has 0 atom stereocenters. The zero-order valence-corrected chi connectivity index (χ0v) is 12.8. The van der Waals surface area contributed by atoms with Crippen molar-refractivity contribution in [3.8, 4) is 11.8 Å². The van der Waals surface area contributed by atoms with Gasteiger partial charge in [0.25, 0.3) is 0 Å². The van der Waals surface area contributed by atoms with Crippen molar-refractivity contribution in [2.75, 3.05) is 6.54 Å². The molecule has 0 bridgehead atoms. The van der Waals surface area contributed by atoms with Crippen LogP contribution < -0.4 is 5.32 Å². The Bertz CT molecular complexity index is 657. The topological polar surface area (TPSA) is 38.3 Å². The molecule has 0 aliphatic rings. The number of benzene rings is 2. The van der Waals surface area contributed by atoms with Crippen molar-refractivity contribution < 1.29 is 9.53 Å².